The number of nitrogens with zero attached hydrogens (tertiary/aromatic N) is 2. The number of nitrogens with one attached hydrogen (secondary N) is 2. The van der Waals surface area contributed by atoms with Crippen LogP contribution < -0.4 is 0 Å². The van der Waals surface area contributed by atoms with Crippen molar-refractivity contribution in [2.24, 2.45) is 0 Å². The van der Waals surface area contributed by atoms with Gasteiger partial charge in [0.1, 0.15) is 11.6 Å². The lowest BCUT2D eigenvalue weighted by atomic mass is 9.74. The van der Waals surface area contributed by atoms with Crippen molar-refractivity contribution >= 4 is 0 Å². The van der Waals surface area contributed by atoms with Gasteiger partial charge in [0.2, 0.25) is 0 Å². The largest absolute Gasteiger partial charge is 0.342 e. The lowest BCUT2D eigenvalue weighted by Gasteiger charge is -2.30. The van der Waals surface area contributed by atoms with Gasteiger partial charge in [-0.2, -0.15) is 0 Å². The lowest BCUT2D eigenvalue weighted by Crippen LogP contribution is -2.14. The zero-order chi connectivity index (χ0) is 19.5. The van der Waals surface area contributed by atoms with E-state index < -0.39 is 0 Å². The van der Waals surface area contributed by atoms with E-state index in [1.54, 1.807) is 0 Å². The van der Waals surface area contributed by atoms with Crippen molar-refractivity contribution in [2.75, 3.05) is 0 Å². The van der Waals surface area contributed by atoms with E-state index in [-0.39, 0.29) is 0 Å². The Kier molecular flexibility index (Phi) is 3.58. The molecule has 0 unspecified atom stereocenters. The maximum Gasteiger partial charge on any atom is 0.106 e. The second-order valence-corrected chi connectivity index (χ2v) is 8.32. The van der Waals surface area contributed by atoms with Crippen LogP contribution in [-0.2, 0) is 32.1 Å². The highest BCUT2D eigenvalue weighted by Gasteiger charge is 2.27. The summed E-state index contributed by atoms with van der Waals surface area (Å²) in [6.45, 7) is 4.14. The number of hydrogen-bond donors (Lipinski definition) is 2. The van der Waals surface area contributed by atoms with Crippen LogP contribution in [0.1, 0.15) is 40.8 Å². The van der Waals surface area contributed by atoms with Gasteiger partial charge >= 0.3 is 0 Å². The molecule has 2 aliphatic rings. The van der Waals surface area contributed by atoms with Gasteiger partial charge in [-0.1, -0.05) is 6.92 Å². The molecule has 2 heterocycles. The molecule has 0 aliphatic heterocycles. The van der Waals surface area contributed by atoms with E-state index >= 15 is 0 Å². The Bertz CT molecular complexity index is 1210. The van der Waals surface area contributed by atoms with E-state index in [9.17, 15) is 0 Å². The second kappa shape index (κ2) is 6.18. The number of aromatic nitrogens is 4. The highest BCUT2D eigenvalue weighted by molar-refractivity contribution is 5.85. The zero-order valence-electron chi connectivity index (χ0n) is 16.9. The summed E-state index contributed by atoms with van der Waals surface area (Å²) in [5.41, 5.74) is 13.8. The number of aromatic amines is 2. The number of aryl methyl sites for hydroxylation is 6. The Morgan fingerprint density at radius 2 is 1.21 bits per heavy atom. The average Bonchev–Trinajstić information content (AvgIpc) is 3.40. The van der Waals surface area contributed by atoms with Gasteiger partial charge in [0.25, 0.3) is 0 Å². The average molecular weight is 380 g/mol. The van der Waals surface area contributed by atoms with E-state index in [1.165, 1.54) is 44.5 Å². The van der Waals surface area contributed by atoms with Crippen molar-refractivity contribution < 1.29 is 0 Å². The first kappa shape index (κ1) is 16.8. The minimum absolute atomic E-state index is 0.937. The van der Waals surface area contributed by atoms with Gasteiger partial charge < -0.3 is 9.97 Å². The van der Waals surface area contributed by atoms with Crippen LogP contribution in [0.4, 0.5) is 0 Å². The summed E-state index contributed by atoms with van der Waals surface area (Å²) in [5.74, 6) is 2.03. The Morgan fingerprint density at radius 3 is 1.62 bits per heavy atom. The summed E-state index contributed by atoms with van der Waals surface area (Å²) in [6, 6.07) is 9.52. The van der Waals surface area contributed by atoms with Crippen LogP contribution in [-0.4, -0.2) is 19.9 Å². The molecule has 4 heteroatoms. The van der Waals surface area contributed by atoms with Crippen molar-refractivity contribution in [3.63, 3.8) is 0 Å². The maximum atomic E-state index is 4.50. The first-order valence-electron chi connectivity index (χ1n) is 10.6. The summed E-state index contributed by atoms with van der Waals surface area (Å²) < 4.78 is 0. The molecule has 0 spiro atoms. The van der Waals surface area contributed by atoms with Crippen molar-refractivity contribution in [2.45, 2.75) is 46.0 Å². The SMILES string of the molecule is CCc1ncc(-c2cc3c4c(c2)CCc2cc(-c5cnc(C)[nH]5)cc(c2-4)CC3)[nH]1. The van der Waals surface area contributed by atoms with Crippen LogP contribution in [0.25, 0.3) is 33.6 Å². The molecule has 4 aromatic rings. The summed E-state index contributed by atoms with van der Waals surface area (Å²) >= 11 is 0. The van der Waals surface area contributed by atoms with Gasteiger partial charge in [0.15, 0.2) is 0 Å². The summed E-state index contributed by atoms with van der Waals surface area (Å²) in [4.78, 5) is 15.8. The summed E-state index contributed by atoms with van der Waals surface area (Å²) in [7, 11) is 0. The van der Waals surface area contributed by atoms with Crippen molar-refractivity contribution in [1.29, 1.82) is 0 Å². The van der Waals surface area contributed by atoms with E-state index in [4.69, 9.17) is 0 Å². The quantitative estimate of drug-likeness (QED) is 0.513. The van der Waals surface area contributed by atoms with Crippen LogP contribution in [0.3, 0.4) is 0 Å². The molecule has 0 radical (unpaired) electrons. The molecule has 2 aromatic carbocycles. The third-order valence-electron chi connectivity index (χ3n) is 6.47. The lowest BCUT2D eigenvalue weighted by molar-refractivity contribution is 0.877. The topological polar surface area (TPSA) is 57.4 Å². The van der Waals surface area contributed by atoms with E-state index in [1.807, 2.05) is 19.3 Å². The zero-order valence-corrected chi connectivity index (χ0v) is 16.9. The van der Waals surface area contributed by atoms with Crippen LogP contribution in [0.5, 0.6) is 0 Å². The monoisotopic (exact) mass is 380 g/mol. The van der Waals surface area contributed by atoms with E-state index in [2.05, 4.69) is 51.1 Å². The number of H-pyrrole nitrogens is 2. The van der Waals surface area contributed by atoms with E-state index in [0.717, 1.165) is 55.1 Å². The molecule has 144 valence electrons. The predicted octanol–water partition coefficient (Wildman–Crippen LogP) is 5.20. The van der Waals surface area contributed by atoms with Gasteiger partial charge in [0.05, 0.1) is 23.8 Å². The minimum atomic E-state index is 0.937. The standard InChI is InChI=1S/C25H24N4/c1-3-23-27-13-22(29-23)20-10-17-6-4-15-8-19(21-12-26-14(2)28-21)9-16-5-7-18(11-20)25(17)24(15)16/h8-13H,3-7H2,1-2H3,(H,26,28)(H,27,29). The van der Waals surface area contributed by atoms with Gasteiger partial charge in [-0.3, -0.25) is 0 Å². The second-order valence-electron chi connectivity index (χ2n) is 8.32. The van der Waals surface area contributed by atoms with Crippen molar-refractivity contribution in [1.82, 2.24) is 19.9 Å². The first-order valence-corrected chi connectivity index (χ1v) is 10.6. The molecule has 0 amide bonds. The molecular weight excluding hydrogens is 356 g/mol. The fraction of sp³-hybridized carbons (Fsp3) is 0.280. The smallest absolute Gasteiger partial charge is 0.106 e. The van der Waals surface area contributed by atoms with Crippen LogP contribution in [0.2, 0.25) is 0 Å². The third kappa shape index (κ3) is 2.59. The molecule has 29 heavy (non-hydrogen) atoms. The molecule has 0 saturated heterocycles. The van der Waals surface area contributed by atoms with Gasteiger partial charge in [-0.15, -0.1) is 0 Å². The van der Waals surface area contributed by atoms with Gasteiger partial charge in [-0.25, -0.2) is 9.97 Å². The molecule has 0 bridgehead atoms. The Morgan fingerprint density at radius 1 is 0.724 bits per heavy atom. The predicted molar refractivity (Wildman–Crippen MR) is 116 cm³/mol. The summed E-state index contributed by atoms with van der Waals surface area (Å²) in [5, 5.41) is 0. The highest BCUT2D eigenvalue weighted by atomic mass is 14.9. The Labute approximate surface area is 170 Å². The number of hydrogen-bond acceptors (Lipinski definition) is 2. The molecule has 6 rings (SSSR count). The fourth-order valence-corrected chi connectivity index (χ4v) is 5.07. The number of benzene rings is 2. The van der Waals surface area contributed by atoms with Gasteiger partial charge in [0, 0.05) is 17.5 Å². The van der Waals surface area contributed by atoms with Crippen LogP contribution in [0, 0.1) is 6.92 Å². The maximum absolute atomic E-state index is 4.50. The van der Waals surface area contributed by atoms with Crippen LogP contribution in [0.15, 0.2) is 36.7 Å². The molecular formula is C25H24N4. The fourth-order valence-electron chi connectivity index (χ4n) is 5.07. The molecule has 2 N–H and O–H groups in total. The molecule has 4 nitrogen and oxygen atoms in total. The number of imidazole rings is 2. The van der Waals surface area contributed by atoms with Crippen molar-refractivity contribution in [3.05, 3.63) is 70.6 Å². The molecule has 0 atom stereocenters. The Hall–Kier alpha value is -3.14. The van der Waals surface area contributed by atoms with Gasteiger partial charge in [-0.05, 0) is 90.3 Å². The number of rotatable bonds is 3. The normalized spacial score (nSPS) is 14.1. The third-order valence-corrected chi connectivity index (χ3v) is 6.47. The highest BCUT2D eigenvalue weighted by Crippen LogP contribution is 2.45. The molecule has 0 saturated carbocycles. The molecule has 2 aromatic heterocycles. The van der Waals surface area contributed by atoms with E-state index in [0.29, 0.717) is 0 Å². The van der Waals surface area contributed by atoms with Crippen molar-refractivity contribution in [3.8, 4) is 33.6 Å². The summed E-state index contributed by atoms with van der Waals surface area (Å²) in [6.07, 6.45) is 9.27. The molecule has 2 aliphatic carbocycles. The molecule has 0 fully saturated rings. The Balaban J connectivity index is 1.49. The van der Waals surface area contributed by atoms with Crippen LogP contribution >= 0.6 is 0 Å². The minimum Gasteiger partial charge on any atom is -0.342 e. The first-order chi connectivity index (χ1) is 14.2.